The summed E-state index contributed by atoms with van der Waals surface area (Å²) in [7, 11) is -3.86. The van der Waals surface area contributed by atoms with Crippen molar-refractivity contribution in [1.29, 1.82) is 0 Å². The number of aryl methyl sites for hydroxylation is 1. The summed E-state index contributed by atoms with van der Waals surface area (Å²) in [6, 6.07) is 0.799. The van der Waals surface area contributed by atoms with Crippen molar-refractivity contribution in [1.82, 2.24) is 9.88 Å². The number of alkyl halides is 3. The van der Waals surface area contributed by atoms with Crippen molar-refractivity contribution >= 4 is 32.2 Å². The third-order valence-electron chi connectivity index (χ3n) is 4.42. The maximum absolute atomic E-state index is 13.1. The number of nitrogens with two attached hydrogens (primary N) is 1. The number of benzene rings is 1. The highest BCUT2D eigenvalue weighted by molar-refractivity contribution is 7.90. The van der Waals surface area contributed by atoms with Crippen LogP contribution in [0.4, 0.5) is 18.3 Å². The van der Waals surface area contributed by atoms with Crippen LogP contribution in [0.2, 0.25) is 0 Å². The molecule has 146 valence electrons. The zero-order chi connectivity index (χ0) is 20.3. The standard InChI is InChI=1S/C16H16F3N3O3S2/c1-7-13(26-15(20)21-7)9-4-10-6-22(8(2)16(17,18)19)14(23)12(10)11(5-9)27(3,24)25/h4-5,8H,6H2,1-3H3,(H2,20,21)/t8-/m0/s1. The van der Waals surface area contributed by atoms with E-state index in [-0.39, 0.29) is 27.7 Å². The van der Waals surface area contributed by atoms with Crippen LogP contribution in [0.5, 0.6) is 0 Å². The van der Waals surface area contributed by atoms with Gasteiger partial charge in [-0.2, -0.15) is 13.2 Å². The number of fused-ring (bicyclic) bond motifs is 1. The number of thiazole rings is 1. The number of nitrogens with zero attached hydrogens (tertiary/aromatic N) is 2. The lowest BCUT2D eigenvalue weighted by atomic mass is 10.0. The number of hydrogen-bond donors (Lipinski definition) is 1. The molecule has 3 rings (SSSR count). The lowest BCUT2D eigenvalue weighted by Crippen LogP contribution is -2.43. The zero-order valence-electron chi connectivity index (χ0n) is 14.6. The van der Waals surface area contributed by atoms with Crippen molar-refractivity contribution in [2.45, 2.75) is 37.5 Å². The van der Waals surface area contributed by atoms with Crippen LogP contribution in [0, 0.1) is 6.92 Å². The van der Waals surface area contributed by atoms with E-state index in [9.17, 15) is 26.4 Å². The molecule has 1 aliphatic heterocycles. The molecule has 0 unspecified atom stereocenters. The van der Waals surface area contributed by atoms with Gasteiger partial charge < -0.3 is 10.6 Å². The number of aromatic nitrogens is 1. The number of carbonyl (C=O) groups excluding carboxylic acids is 1. The van der Waals surface area contributed by atoms with E-state index in [1.54, 1.807) is 6.92 Å². The fourth-order valence-corrected chi connectivity index (χ4v) is 4.79. The summed E-state index contributed by atoms with van der Waals surface area (Å²) < 4.78 is 63.8. The second kappa shape index (κ2) is 6.20. The van der Waals surface area contributed by atoms with Crippen LogP contribution in [0.15, 0.2) is 17.0 Å². The Hall–Kier alpha value is -2.14. The van der Waals surface area contributed by atoms with E-state index >= 15 is 0 Å². The Morgan fingerprint density at radius 1 is 1.33 bits per heavy atom. The SMILES string of the molecule is Cc1nc(N)sc1-c1cc2c(c(S(C)(=O)=O)c1)C(=O)N([C@@H](C)C(F)(F)F)C2. The molecule has 1 aliphatic rings. The molecule has 2 N–H and O–H groups in total. The Bertz CT molecular complexity index is 1050. The summed E-state index contributed by atoms with van der Waals surface area (Å²) in [6.45, 7) is 2.25. The first kappa shape index (κ1) is 19.6. The zero-order valence-corrected chi connectivity index (χ0v) is 16.2. The fourth-order valence-electron chi connectivity index (χ4n) is 3.04. The highest BCUT2D eigenvalue weighted by Gasteiger charge is 2.46. The number of rotatable bonds is 3. The minimum atomic E-state index is -4.62. The Morgan fingerprint density at radius 2 is 1.96 bits per heavy atom. The van der Waals surface area contributed by atoms with Crippen molar-refractivity contribution in [2.75, 3.05) is 12.0 Å². The molecule has 0 saturated carbocycles. The minimum Gasteiger partial charge on any atom is -0.375 e. The molecule has 6 nitrogen and oxygen atoms in total. The van der Waals surface area contributed by atoms with Gasteiger partial charge in [0.25, 0.3) is 5.91 Å². The van der Waals surface area contributed by atoms with Gasteiger partial charge in [-0.3, -0.25) is 4.79 Å². The van der Waals surface area contributed by atoms with E-state index < -0.39 is 28.0 Å². The van der Waals surface area contributed by atoms with Crippen molar-refractivity contribution in [3.63, 3.8) is 0 Å². The van der Waals surface area contributed by atoms with Gasteiger partial charge in [0, 0.05) is 12.8 Å². The van der Waals surface area contributed by atoms with Crippen LogP contribution in [0.25, 0.3) is 10.4 Å². The first-order valence-corrected chi connectivity index (χ1v) is 10.5. The molecule has 11 heteroatoms. The average Bonchev–Trinajstić information content (AvgIpc) is 3.03. The highest BCUT2D eigenvalue weighted by Crippen LogP contribution is 2.39. The lowest BCUT2D eigenvalue weighted by molar-refractivity contribution is -0.172. The number of hydrogen-bond acceptors (Lipinski definition) is 6. The maximum Gasteiger partial charge on any atom is 0.408 e. The Labute approximate surface area is 157 Å². The topological polar surface area (TPSA) is 93.4 Å². The van der Waals surface area contributed by atoms with E-state index in [0.29, 0.717) is 21.0 Å². The van der Waals surface area contributed by atoms with Crippen LogP contribution in [-0.2, 0) is 16.4 Å². The first-order chi connectivity index (χ1) is 12.3. The van der Waals surface area contributed by atoms with Crippen LogP contribution < -0.4 is 5.73 Å². The summed E-state index contributed by atoms with van der Waals surface area (Å²) in [5.41, 5.74) is 6.75. The second-order valence-electron chi connectivity index (χ2n) is 6.40. The number of sulfone groups is 1. The van der Waals surface area contributed by atoms with Gasteiger partial charge in [0.2, 0.25) is 0 Å². The van der Waals surface area contributed by atoms with E-state index in [2.05, 4.69) is 4.98 Å². The lowest BCUT2D eigenvalue weighted by Gasteiger charge is -2.26. The predicted molar refractivity (Wildman–Crippen MR) is 95.2 cm³/mol. The molecular weight excluding hydrogens is 403 g/mol. The van der Waals surface area contributed by atoms with Crippen LogP contribution >= 0.6 is 11.3 Å². The van der Waals surface area contributed by atoms with Gasteiger partial charge in [0.15, 0.2) is 15.0 Å². The molecule has 0 aliphatic carbocycles. The summed E-state index contributed by atoms with van der Waals surface area (Å²) in [5, 5.41) is 0.285. The molecule has 1 amide bonds. The summed E-state index contributed by atoms with van der Waals surface area (Å²) in [6.07, 6.45) is -3.70. The van der Waals surface area contributed by atoms with Crippen molar-refractivity contribution in [3.05, 3.63) is 29.0 Å². The average molecular weight is 419 g/mol. The third kappa shape index (κ3) is 3.41. The monoisotopic (exact) mass is 419 g/mol. The predicted octanol–water partition coefficient (Wildman–Crippen LogP) is 3.01. The quantitative estimate of drug-likeness (QED) is 0.826. The van der Waals surface area contributed by atoms with Gasteiger partial charge in [0.1, 0.15) is 6.04 Å². The number of nitrogen functional groups attached to an aromatic ring is 1. The molecule has 0 spiro atoms. The molecule has 2 aromatic rings. The summed E-state index contributed by atoms with van der Waals surface area (Å²) in [5.74, 6) is -0.942. The molecule has 1 aromatic carbocycles. The maximum atomic E-state index is 13.1. The summed E-state index contributed by atoms with van der Waals surface area (Å²) in [4.78, 5) is 17.6. The number of amides is 1. The summed E-state index contributed by atoms with van der Waals surface area (Å²) >= 11 is 1.14. The first-order valence-electron chi connectivity index (χ1n) is 7.78. The van der Waals surface area contributed by atoms with Crippen molar-refractivity contribution < 1.29 is 26.4 Å². The van der Waals surface area contributed by atoms with E-state index in [1.165, 1.54) is 12.1 Å². The highest BCUT2D eigenvalue weighted by atomic mass is 32.2. The van der Waals surface area contributed by atoms with Crippen molar-refractivity contribution in [2.24, 2.45) is 0 Å². The normalized spacial score (nSPS) is 15.9. The fraction of sp³-hybridized carbons (Fsp3) is 0.375. The molecule has 1 aromatic heterocycles. The van der Waals surface area contributed by atoms with Gasteiger partial charge in [-0.25, -0.2) is 13.4 Å². The Kier molecular flexibility index (Phi) is 4.50. The van der Waals surface area contributed by atoms with E-state index in [0.717, 1.165) is 24.5 Å². The molecule has 0 bridgehead atoms. The molecule has 0 radical (unpaired) electrons. The molecule has 1 atom stereocenters. The van der Waals surface area contributed by atoms with Gasteiger partial charge >= 0.3 is 6.18 Å². The van der Waals surface area contributed by atoms with Crippen LogP contribution in [0.1, 0.15) is 28.5 Å². The van der Waals surface area contributed by atoms with Gasteiger partial charge in [0.05, 0.1) is 21.0 Å². The molecule has 0 fully saturated rings. The van der Waals surface area contributed by atoms with Crippen LogP contribution in [-0.4, -0.2) is 42.7 Å². The minimum absolute atomic E-state index is 0.201. The van der Waals surface area contributed by atoms with Gasteiger partial charge in [-0.1, -0.05) is 11.3 Å². The molecular formula is C16H16F3N3O3S2. The van der Waals surface area contributed by atoms with Gasteiger partial charge in [-0.15, -0.1) is 0 Å². The van der Waals surface area contributed by atoms with E-state index in [1.807, 2.05) is 0 Å². The number of halogens is 3. The number of anilines is 1. The number of carbonyl (C=O) groups is 1. The molecule has 2 heterocycles. The van der Waals surface area contributed by atoms with Crippen molar-refractivity contribution in [3.8, 4) is 10.4 Å². The Morgan fingerprint density at radius 3 is 2.44 bits per heavy atom. The smallest absolute Gasteiger partial charge is 0.375 e. The molecule has 27 heavy (non-hydrogen) atoms. The third-order valence-corrected chi connectivity index (χ3v) is 6.57. The van der Waals surface area contributed by atoms with Gasteiger partial charge in [-0.05, 0) is 37.1 Å². The van der Waals surface area contributed by atoms with E-state index in [4.69, 9.17) is 5.73 Å². The second-order valence-corrected chi connectivity index (χ2v) is 9.41. The molecule has 0 saturated heterocycles. The van der Waals surface area contributed by atoms with Crippen LogP contribution in [0.3, 0.4) is 0 Å². The largest absolute Gasteiger partial charge is 0.408 e. The Balaban J connectivity index is 2.20.